The molecule has 5 nitrogen and oxygen atoms in total. The molecular weight excluding hydrogens is 264 g/mol. The van der Waals surface area contributed by atoms with E-state index in [0.717, 1.165) is 30.0 Å². The number of hydrogen-bond donors (Lipinski definition) is 1. The van der Waals surface area contributed by atoms with E-state index in [0.29, 0.717) is 19.2 Å². The van der Waals surface area contributed by atoms with Crippen LogP contribution in [0.2, 0.25) is 0 Å². The summed E-state index contributed by atoms with van der Waals surface area (Å²) in [6, 6.07) is 3.72. The van der Waals surface area contributed by atoms with Crippen molar-refractivity contribution in [2.24, 2.45) is 0 Å². The normalized spacial score (nSPS) is 23.2. The van der Waals surface area contributed by atoms with Gasteiger partial charge in [0, 0.05) is 54.3 Å². The van der Waals surface area contributed by atoms with Gasteiger partial charge in [-0.05, 0) is 18.9 Å². The highest BCUT2D eigenvalue weighted by molar-refractivity contribution is 7.85. The number of anilines is 1. The van der Waals surface area contributed by atoms with E-state index in [1.165, 1.54) is 0 Å². The van der Waals surface area contributed by atoms with E-state index in [4.69, 9.17) is 4.74 Å². The number of nitrogens with zero attached hydrogens (tertiary/aromatic N) is 1. The predicted octanol–water partition coefficient (Wildman–Crippen LogP) is 0.818. The third-order valence-corrected chi connectivity index (χ3v) is 4.66. The van der Waals surface area contributed by atoms with E-state index in [-0.39, 0.29) is 5.56 Å². The zero-order valence-corrected chi connectivity index (χ0v) is 11.9. The van der Waals surface area contributed by atoms with Gasteiger partial charge in [0.05, 0.1) is 12.3 Å². The maximum atomic E-state index is 11.7. The second kappa shape index (κ2) is 6.86. The molecule has 0 amide bonds. The SMILES string of the molecule is COCCn1cc(NC2CCS(=O)CC2)ccc1=O. The number of methoxy groups -OCH3 is 1. The zero-order chi connectivity index (χ0) is 13.7. The van der Waals surface area contributed by atoms with Gasteiger partial charge in [0.15, 0.2) is 0 Å². The van der Waals surface area contributed by atoms with Gasteiger partial charge in [0.2, 0.25) is 0 Å². The number of pyridine rings is 1. The molecule has 0 atom stereocenters. The Morgan fingerprint density at radius 1 is 1.42 bits per heavy atom. The van der Waals surface area contributed by atoms with Crippen molar-refractivity contribution >= 4 is 16.5 Å². The lowest BCUT2D eigenvalue weighted by Crippen LogP contribution is -2.30. The van der Waals surface area contributed by atoms with Crippen LogP contribution in [0.5, 0.6) is 0 Å². The lowest BCUT2D eigenvalue weighted by molar-refractivity contribution is 0.186. The monoisotopic (exact) mass is 284 g/mol. The van der Waals surface area contributed by atoms with E-state index < -0.39 is 10.8 Å². The Hall–Kier alpha value is -1.14. The van der Waals surface area contributed by atoms with Crippen LogP contribution in [0.4, 0.5) is 5.69 Å². The molecule has 0 aromatic carbocycles. The summed E-state index contributed by atoms with van der Waals surface area (Å²) < 4.78 is 17.9. The Labute approximate surface area is 115 Å². The third kappa shape index (κ3) is 4.18. The minimum atomic E-state index is -0.643. The molecule has 1 fully saturated rings. The number of rotatable bonds is 5. The molecule has 1 aromatic heterocycles. The van der Waals surface area contributed by atoms with E-state index in [1.54, 1.807) is 23.8 Å². The topological polar surface area (TPSA) is 60.3 Å². The summed E-state index contributed by atoms with van der Waals surface area (Å²) in [4.78, 5) is 11.7. The van der Waals surface area contributed by atoms with Crippen molar-refractivity contribution in [1.82, 2.24) is 4.57 Å². The number of ether oxygens (including phenoxy) is 1. The fraction of sp³-hybridized carbons (Fsp3) is 0.615. The Bertz CT molecular complexity index is 491. The fourth-order valence-electron chi connectivity index (χ4n) is 2.15. The van der Waals surface area contributed by atoms with Crippen LogP contribution >= 0.6 is 0 Å². The number of aromatic nitrogens is 1. The summed E-state index contributed by atoms with van der Waals surface area (Å²) in [5, 5.41) is 3.41. The average molecular weight is 284 g/mol. The standard InChI is InChI=1S/C13H20N2O3S/c1-18-7-6-15-10-12(2-3-13(15)16)14-11-4-8-19(17)9-5-11/h2-3,10-11,14H,4-9H2,1H3. The van der Waals surface area contributed by atoms with Gasteiger partial charge in [-0.15, -0.1) is 0 Å². The Balaban J connectivity index is 2.00. The quantitative estimate of drug-likeness (QED) is 0.869. The smallest absolute Gasteiger partial charge is 0.250 e. The van der Waals surface area contributed by atoms with E-state index in [1.807, 2.05) is 6.20 Å². The first-order valence-corrected chi connectivity index (χ1v) is 7.99. The molecule has 0 unspecified atom stereocenters. The molecule has 2 rings (SSSR count). The number of nitrogens with one attached hydrogen (secondary N) is 1. The molecule has 6 heteroatoms. The van der Waals surface area contributed by atoms with Crippen molar-refractivity contribution in [1.29, 1.82) is 0 Å². The molecular formula is C13H20N2O3S. The van der Waals surface area contributed by atoms with Crippen molar-refractivity contribution < 1.29 is 8.95 Å². The highest BCUT2D eigenvalue weighted by Crippen LogP contribution is 2.15. The molecule has 1 aliphatic rings. The van der Waals surface area contributed by atoms with Crippen LogP contribution in [-0.2, 0) is 22.1 Å². The van der Waals surface area contributed by atoms with Gasteiger partial charge in [0.1, 0.15) is 0 Å². The maximum absolute atomic E-state index is 11.7. The summed E-state index contributed by atoms with van der Waals surface area (Å²) in [5.74, 6) is 1.53. The fourth-order valence-corrected chi connectivity index (χ4v) is 3.45. The zero-order valence-electron chi connectivity index (χ0n) is 11.1. The molecule has 0 spiro atoms. The van der Waals surface area contributed by atoms with Gasteiger partial charge < -0.3 is 14.6 Å². The largest absolute Gasteiger partial charge is 0.383 e. The molecule has 0 saturated carbocycles. The molecule has 1 saturated heterocycles. The van der Waals surface area contributed by atoms with Crippen LogP contribution in [0.15, 0.2) is 23.1 Å². The maximum Gasteiger partial charge on any atom is 0.250 e. The van der Waals surface area contributed by atoms with Gasteiger partial charge in [-0.3, -0.25) is 9.00 Å². The molecule has 2 heterocycles. The van der Waals surface area contributed by atoms with Gasteiger partial charge in [-0.1, -0.05) is 0 Å². The first-order valence-electron chi connectivity index (χ1n) is 6.50. The second-order valence-electron chi connectivity index (χ2n) is 4.71. The van der Waals surface area contributed by atoms with Crippen molar-refractivity contribution in [2.75, 3.05) is 30.5 Å². The van der Waals surface area contributed by atoms with Crippen LogP contribution in [0.1, 0.15) is 12.8 Å². The lowest BCUT2D eigenvalue weighted by atomic mass is 10.1. The first kappa shape index (κ1) is 14.3. The summed E-state index contributed by atoms with van der Waals surface area (Å²) in [7, 11) is 0.977. The molecule has 0 radical (unpaired) electrons. The van der Waals surface area contributed by atoms with Crippen LogP contribution in [0.25, 0.3) is 0 Å². The van der Waals surface area contributed by atoms with Crippen LogP contribution in [0.3, 0.4) is 0 Å². The third-order valence-electron chi connectivity index (χ3n) is 3.28. The summed E-state index contributed by atoms with van der Waals surface area (Å²) in [6.07, 6.45) is 3.67. The molecule has 1 aliphatic heterocycles. The van der Waals surface area contributed by atoms with Crippen LogP contribution < -0.4 is 10.9 Å². The molecule has 0 aliphatic carbocycles. The van der Waals surface area contributed by atoms with Crippen LogP contribution in [-0.4, -0.2) is 40.0 Å². The average Bonchev–Trinajstić information content (AvgIpc) is 2.42. The highest BCUT2D eigenvalue weighted by Gasteiger charge is 2.17. The number of hydrogen-bond acceptors (Lipinski definition) is 4. The Kier molecular flexibility index (Phi) is 5.15. The molecule has 1 N–H and O–H groups in total. The molecule has 19 heavy (non-hydrogen) atoms. The summed E-state index contributed by atoms with van der Waals surface area (Å²) in [6.45, 7) is 1.07. The van der Waals surface area contributed by atoms with E-state index >= 15 is 0 Å². The van der Waals surface area contributed by atoms with Crippen molar-refractivity contribution in [2.45, 2.75) is 25.4 Å². The van der Waals surface area contributed by atoms with Gasteiger partial charge in [-0.2, -0.15) is 0 Å². The Morgan fingerprint density at radius 3 is 2.84 bits per heavy atom. The highest BCUT2D eigenvalue weighted by atomic mass is 32.2. The van der Waals surface area contributed by atoms with Crippen molar-refractivity contribution in [3.8, 4) is 0 Å². The molecule has 106 valence electrons. The summed E-state index contributed by atoms with van der Waals surface area (Å²) >= 11 is 0. The minimum Gasteiger partial charge on any atom is -0.383 e. The Morgan fingerprint density at radius 2 is 2.16 bits per heavy atom. The van der Waals surface area contributed by atoms with Gasteiger partial charge in [-0.25, -0.2) is 0 Å². The predicted molar refractivity (Wildman–Crippen MR) is 77.1 cm³/mol. The molecule has 0 bridgehead atoms. The second-order valence-corrected chi connectivity index (χ2v) is 6.41. The van der Waals surface area contributed by atoms with Crippen LogP contribution in [0, 0.1) is 0 Å². The van der Waals surface area contributed by atoms with E-state index in [2.05, 4.69) is 5.32 Å². The van der Waals surface area contributed by atoms with Gasteiger partial charge >= 0.3 is 0 Å². The molecule has 1 aromatic rings. The minimum absolute atomic E-state index is 0.0210. The van der Waals surface area contributed by atoms with Gasteiger partial charge in [0.25, 0.3) is 5.56 Å². The van der Waals surface area contributed by atoms with Crippen molar-refractivity contribution in [3.63, 3.8) is 0 Å². The van der Waals surface area contributed by atoms with E-state index in [9.17, 15) is 9.00 Å². The van der Waals surface area contributed by atoms with Crippen molar-refractivity contribution in [3.05, 3.63) is 28.7 Å². The first-order chi connectivity index (χ1) is 9.19. The lowest BCUT2D eigenvalue weighted by Gasteiger charge is -2.23. The summed E-state index contributed by atoms with van der Waals surface area (Å²) in [5.41, 5.74) is 0.917.